The fourth-order valence-electron chi connectivity index (χ4n) is 4.96. The minimum atomic E-state index is -0.0950. The number of benzene rings is 4. The number of fused-ring (bicyclic) bond motifs is 5. The molecule has 5 nitrogen and oxygen atoms in total. The summed E-state index contributed by atoms with van der Waals surface area (Å²) in [6, 6.07) is 30.8. The molecule has 0 aliphatic rings. The van der Waals surface area contributed by atoms with Gasteiger partial charge in [0.1, 0.15) is 0 Å². The molecule has 166 valence electrons. The Morgan fingerprint density at radius 1 is 0.657 bits per heavy atom. The van der Waals surface area contributed by atoms with Crippen LogP contribution in [-0.2, 0) is 7.05 Å². The number of pyridine rings is 2. The molecule has 7 rings (SSSR count). The second-order valence-electron chi connectivity index (χ2n) is 8.85. The molecule has 0 spiro atoms. The van der Waals surface area contributed by atoms with Crippen molar-refractivity contribution in [2.75, 3.05) is 0 Å². The van der Waals surface area contributed by atoms with Crippen molar-refractivity contribution in [2.45, 2.75) is 0 Å². The molecule has 0 saturated carbocycles. The van der Waals surface area contributed by atoms with Gasteiger partial charge in [0.05, 0.1) is 34.0 Å². The Labute approximate surface area is 200 Å². The van der Waals surface area contributed by atoms with E-state index < -0.39 is 0 Å². The van der Waals surface area contributed by atoms with Crippen molar-refractivity contribution in [1.29, 1.82) is 0 Å². The summed E-state index contributed by atoms with van der Waals surface area (Å²) in [5.74, 6) is 0. The maximum absolute atomic E-state index is 13.5. The van der Waals surface area contributed by atoms with E-state index in [-0.39, 0.29) is 5.69 Å². The second kappa shape index (κ2) is 7.37. The zero-order valence-electron chi connectivity index (χ0n) is 19.0. The highest BCUT2D eigenvalue weighted by atomic mass is 16.1. The first-order valence-corrected chi connectivity index (χ1v) is 11.5. The van der Waals surface area contributed by atoms with Crippen LogP contribution in [0, 0.1) is 0 Å². The van der Waals surface area contributed by atoms with Gasteiger partial charge in [-0.1, -0.05) is 54.6 Å². The minimum absolute atomic E-state index is 0.0950. The molecule has 0 bridgehead atoms. The Morgan fingerprint density at radius 2 is 1.43 bits per heavy atom. The van der Waals surface area contributed by atoms with Crippen LogP contribution in [0.25, 0.3) is 60.4 Å². The average molecular weight is 453 g/mol. The molecule has 4 aromatic carbocycles. The van der Waals surface area contributed by atoms with Gasteiger partial charge in [-0.15, -0.1) is 0 Å². The third kappa shape index (κ3) is 2.98. The molecule has 0 radical (unpaired) electrons. The van der Waals surface area contributed by atoms with E-state index >= 15 is 0 Å². The van der Waals surface area contributed by atoms with Crippen molar-refractivity contribution >= 4 is 43.6 Å². The van der Waals surface area contributed by atoms with Crippen LogP contribution in [0.15, 0.2) is 108 Å². The maximum Gasteiger partial charge on any atom is 0.333 e. The summed E-state index contributed by atoms with van der Waals surface area (Å²) in [6.45, 7) is 0. The third-order valence-corrected chi connectivity index (χ3v) is 6.80. The van der Waals surface area contributed by atoms with E-state index in [1.165, 1.54) is 0 Å². The van der Waals surface area contributed by atoms with E-state index in [4.69, 9.17) is 0 Å². The lowest BCUT2D eigenvalue weighted by Gasteiger charge is -2.09. The van der Waals surface area contributed by atoms with Crippen molar-refractivity contribution < 1.29 is 0 Å². The molecule has 7 aromatic rings. The molecule has 0 aliphatic carbocycles. The van der Waals surface area contributed by atoms with E-state index in [0.717, 1.165) is 60.4 Å². The zero-order chi connectivity index (χ0) is 23.5. The normalized spacial score (nSPS) is 11.7. The number of imidazole rings is 1. The van der Waals surface area contributed by atoms with Gasteiger partial charge in [-0.25, -0.2) is 4.79 Å². The van der Waals surface area contributed by atoms with E-state index in [2.05, 4.69) is 58.5 Å². The van der Waals surface area contributed by atoms with Crippen molar-refractivity contribution in [3.05, 3.63) is 114 Å². The van der Waals surface area contributed by atoms with Gasteiger partial charge < -0.3 is 0 Å². The molecule has 0 aliphatic heterocycles. The number of hydrogen-bond acceptors (Lipinski definition) is 3. The Kier molecular flexibility index (Phi) is 4.14. The van der Waals surface area contributed by atoms with Crippen LogP contribution < -0.4 is 5.69 Å². The number of aryl methyl sites for hydroxylation is 1. The van der Waals surface area contributed by atoms with Crippen LogP contribution in [0.5, 0.6) is 0 Å². The molecule has 0 saturated heterocycles. The molecule has 0 N–H and O–H groups in total. The topological polar surface area (TPSA) is 52.7 Å². The SMILES string of the molecule is Cn1c(=O)n(-c2ccc3ccccc3c2)c2c3cc(-c4cnc5ccccc5c4)ccc3ncc21. The van der Waals surface area contributed by atoms with Gasteiger partial charge in [0.15, 0.2) is 0 Å². The second-order valence-corrected chi connectivity index (χ2v) is 8.85. The molecule has 3 aromatic heterocycles. The number of para-hydroxylation sites is 1. The molecular formula is C30H20N4O. The highest BCUT2D eigenvalue weighted by molar-refractivity contribution is 6.05. The van der Waals surface area contributed by atoms with Gasteiger partial charge in [0, 0.05) is 29.6 Å². The summed E-state index contributed by atoms with van der Waals surface area (Å²) >= 11 is 0. The minimum Gasteiger partial charge on any atom is -0.293 e. The fraction of sp³-hybridized carbons (Fsp3) is 0.0333. The number of aromatic nitrogens is 4. The van der Waals surface area contributed by atoms with Gasteiger partial charge in [-0.05, 0) is 52.7 Å². The molecular weight excluding hydrogens is 432 g/mol. The molecule has 0 unspecified atom stereocenters. The van der Waals surface area contributed by atoms with E-state index in [1.807, 2.05) is 48.7 Å². The van der Waals surface area contributed by atoms with Crippen LogP contribution in [0.3, 0.4) is 0 Å². The predicted molar refractivity (Wildman–Crippen MR) is 142 cm³/mol. The Balaban J connectivity index is 1.52. The predicted octanol–water partition coefficient (Wildman–Crippen LogP) is 6.25. The first-order valence-electron chi connectivity index (χ1n) is 11.5. The molecule has 5 heteroatoms. The van der Waals surface area contributed by atoms with Crippen LogP contribution in [0.4, 0.5) is 0 Å². The van der Waals surface area contributed by atoms with E-state index in [1.54, 1.807) is 22.4 Å². The first-order chi connectivity index (χ1) is 17.2. The Bertz CT molecular complexity index is 2000. The smallest absolute Gasteiger partial charge is 0.293 e. The largest absolute Gasteiger partial charge is 0.333 e. The van der Waals surface area contributed by atoms with Gasteiger partial charge in [-0.2, -0.15) is 0 Å². The van der Waals surface area contributed by atoms with Crippen LogP contribution in [-0.4, -0.2) is 19.1 Å². The Hall–Kier alpha value is -4.77. The summed E-state index contributed by atoms with van der Waals surface area (Å²) in [7, 11) is 1.80. The third-order valence-electron chi connectivity index (χ3n) is 6.80. The van der Waals surface area contributed by atoms with Crippen molar-refractivity contribution in [3.8, 4) is 16.8 Å². The standard InChI is InChI=1S/C30H20N4O/c1-33-28-18-32-27-13-11-21(23-14-22-8-4-5-9-26(22)31-17-23)16-25(27)29(28)34(30(33)35)24-12-10-19-6-2-3-7-20(19)15-24/h2-18H,1H3. The molecule has 0 atom stereocenters. The van der Waals surface area contributed by atoms with Crippen LogP contribution in [0.2, 0.25) is 0 Å². The summed E-state index contributed by atoms with van der Waals surface area (Å²) < 4.78 is 3.47. The quantitative estimate of drug-likeness (QED) is 0.312. The fourth-order valence-corrected chi connectivity index (χ4v) is 4.96. The zero-order valence-corrected chi connectivity index (χ0v) is 19.0. The van der Waals surface area contributed by atoms with Gasteiger partial charge in [0.25, 0.3) is 0 Å². The Morgan fingerprint density at radius 3 is 2.31 bits per heavy atom. The highest BCUT2D eigenvalue weighted by Crippen LogP contribution is 2.31. The maximum atomic E-state index is 13.5. The molecule has 3 heterocycles. The van der Waals surface area contributed by atoms with Crippen molar-refractivity contribution in [2.24, 2.45) is 7.05 Å². The average Bonchev–Trinajstić information content (AvgIpc) is 3.17. The van der Waals surface area contributed by atoms with Crippen LogP contribution >= 0.6 is 0 Å². The lowest BCUT2D eigenvalue weighted by atomic mass is 10.0. The summed E-state index contributed by atoms with van der Waals surface area (Å²) in [4.78, 5) is 22.8. The van der Waals surface area contributed by atoms with E-state index in [9.17, 15) is 4.79 Å². The molecule has 0 fully saturated rings. The van der Waals surface area contributed by atoms with Crippen LogP contribution in [0.1, 0.15) is 0 Å². The molecule has 35 heavy (non-hydrogen) atoms. The first kappa shape index (κ1) is 19.7. The summed E-state index contributed by atoms with van der Waals surface area (Å²) in [5, 5.41) is 4.26. The monoisotopic (exact) mass is 452 g/mol. The van der Waals surface area contributed by atoms with Gasteiger partial charge in [0.2, 0.25) is 0 Å². The summed E-state index contributed by atoms with van der Waals surface area (Å²) in [6.07, 6.45) is 3.69. The van der Waals surface area contributed by atoms with Gasteiger partial charge >= 0.3 is 5.69 Å². The number of rotatable bonds is 2. The van der Waals surface area contributed by atoms with Crippen molar-refractivity contribution in [3.63, 3.8) is 0 Å². The lowest BCUT2D eigenvalue weighted by molar-refractivity contribution is 0.846. The number of nitrogens with zero attached hydrogens (tertiary/aromatic N) is 4. The lowest BCUT2D eigenvalue weighted by Crippen LogP contribution is -2.20. The van der Waals surface area contributed by atoms with Crippen molar-refractivity contribution in [1.82, 2.24) is 19.1 Å². The van der Waals surface area contributed by atoms with Gasteiger partial charge in [-0.3, -0.25) is 19.1 Å². The molecule has 0 amide bonds. The summed E-state index contributed by atoms with van der Waals surface area (Å²) in [5.41, 5.74) is 6.26. The number of hydrogen-bond donors (Lipinski definition) is 0. The van der Waals surface area contributed by atoms with E-state index in [0.29, 0.717) is 0 Å². The highest BCUT2D eigenvalue weighted by Gasteiger charge is 2.17.